The number of ether oxygens (including phenoxy) is 1. The SMILES string of the molecule is NC(=O)c1ccc(Oc2ccc(C3(C(F)(F)F)CC3)cc2)c(F)c1. The maximum atomic E-state index is 13.8. The van der Waals surface area contributed by atoms with E-state index in [1.165, 1.54) is 36.4 Å². The Kier molecular flexibility index (Phi) is 3.74. The van der Waals surface area contributed by atoms with E-state index >= 15 is 0 Å². The van der Waals surface area contributed by atoms with E-state index in [0.29, 0.717) is 0 Å². The first kappa shape index (κ1) is 16.3. The second-order valence-electron chi connectivity index (χ2n) is 5.72. The Hall–Kier alpha value is -2.57. The predicted molar refractivity (Wildman–Crippen MR) is 78.4 cm³/mol. The standard InChI is InChI=1S/C17H13F4NO2/c18-13-9-10(15(22)23)1-6-14(13)24-12-4-2-11(3-5-12)16(7-8-16)17(19,20)21/h1-6,9H,7-8H2,(H2,22,23). The van der Waals surface area contributed by atoms with Crippen molar-refractivity contribution in [3.8, 4) is 11.5 Å². The Morgan fingerprint density at radius 2 is 1.71 bits per heavy atom. The molecule has 1 saturated carbocycles. The van der Waals surface area contributed by atoms with Crippen molar-refractivity contribution in [3.63, 3.8) is 0 Å². The van der Waals surface area contributed by atoms with Crippen LogP contribution in [0.4, 0.5) is 17.6 Å². The fourth-order valence-corrected chi connectivity index (χ4v) is 2.57. The third-order valence-corrected chi connectivity index (χ3v) is 4.14. The normalized spacial score (nSPS) is 15.8. The molecule has 2 aromatic carbocycles. The molecule has 0 spiro atoms. The summed E-state index contributed by atoms with van der Waals surface area (Å²) in [5, 5.41) is 0. The van der Waals surface area contributed by atoms with Gasteiger partial charge in [-0.1, -0.05) is 12.1 Å². The van der Waals surface area contributed by atoms with Gasteiger partial charge in [0.15, 0.2) is 11.6 Å². The molecule has 0 saturated heterocycles. The lowest BCUT2D eigenvalue weighted by Crippen LogP contribution is -2.28. The van der Waals surface area contributed by atoms with Crippen LogP contribution in [-0.4, -0.2) is 12.1 Å². The number of rotatable bonds is 4. The first-order valence-electron chi connectivity index (χ1n) is 7.17. The third kappa shape index (κ3) is 2.81. The molecule has 7 heteroatoms. The third-order valence-electron chi connectivity index (χ3n) is 4.14. The molecule has 0 aromatic heterocycles. The largest absolute Gasteiger partial charge is 0.454 e. The molecule has 2 aromatic rings. The predicted octanol–water partition coefficient (Wildman–Crippen LogP) is 4.31. The minimum atomic E-state index is -4.29. The maximum Gasteiger partial charge on any atom is 0.398 e. The van der Waals surface area contributed by atoms with Crippen LogP contribution in [0.5, 0.6) is 11.5 Å². The van der Waals surface area contributed by atoms with E-state index in [-0.39, 0.29) is 35.5 Å². The Bertz CT molecular complexity index is 780. The summed E-state index contributed by atoms with van der Waals surface area (Å²) in [7, 11) is 0. The molecule has 3 rings (SSSR count). The highest BCUT2D eigenvalue weighted by Gasteiger charge is 2.64. The first-order valence-corrected chi connectivity index (χ1v) is 7.17. The van der Waals surface area contributed by atoms with Crippen molar-refractivity contribution < 1.29 is 27.1 Å². The molecule has 1 aliphatic carbocycles. The number of benzene rings is 2. The fourth-order valence-electron chi connectivity index (χ4n) is 2.57. The van der Waals surface area contributed by atoms with Crippen molar-refractivity contribution >= 4 is 5.91 Å². The van der Waals surface area contributed by atoms with E-state index in [1.807, 2.05) is 0 Å². The molecule has 126 valence electrons. The molecule has 0 radical (unpaired) electrons. The van der Waals surface area contributed by atoms with Gasteiger partial charge in [-0.05, 0) is 48.7 Å². The molecule has 0 atom stereocenters. The lowest BCUT2D eigenvalue weighted by atomic mass is 9.95. The summed E-state index contributed by atoms with van der Waals surface area (Å²) in [5.74, 6) is -1.51. The number of hydrogen-bond acceptors (Lipinski definition) is 2. The van der Waals surface area contributed by atoms with Gasteiger partial charge in [0.05, 0.1) is 5.41 Å². The summed E-state index contributed by atoms with van der Waals surface area (Å²) in [6.45, 7) is 0. The van der Waals surface area contributed by atoms with Crippen LogP contribution in [0.25, 0.3) is 0 Å². The summed E-state index contributed by atoms with van der Waals surface area (Å²) in [6, 6.07) is 8.89. The number of alkyl halides is 3. The average Bonchev–Trinajstić information content (AvgIpc) is 3.31. The second kappa shape index (κ2) is 5.51. The first-order chi connectivity index (χ1) is 11.2. The van der Waals surface area contributed by atoms with Gasteiger partial charge in [0, 0.05) is 5.56 Å². The zero-order chi connectivity index (χ0) is 17.5. The highest BCUT2D eigenvalue weighted by Crippen LogP contribution is 2.58. The average molecular weight is 339 g/mol. The summed E-state index contributed by atoms with van der Waals surface area (Å²) in [6.07, 6.45) is -4.15. The van der Waals surface area contributed by atoms with Crippen molar-refractivity contribution in [2.24, 2.45) is 5.73 Å². The molecule has 1 amide bonds. The van der Waals surface area contributed by atoms with Crippen molar-refractivity contribution in [1.82, 2.24) is 0 Å². The van der Waals surface area contributed by atoms with Crippen LogP contribution < -0.4 is 10.5 Å². The van der Waals surface area contributed by atoms with E-state index in [2.05, 4.69) is 0 Å². The number of carbonyl (C=O) groups excluding carboxylic acids is 1. The Labute approximate surface area is 135 Å². The number of hydrogen-bond donors (Lipinski definition) is 1. The quantitative estimate of drug-likeness (QED) is 0.844. The second-order valence-corrected chi connectivity index (χ2v) is 5.72. The van der Waals surface area contributed by atoms with Crippen molar-refractivity contribution in [2.45, 2.75) is 24.4 Å². The molecular formula is C17H13F4NO2. The lowest BCUT2D eigenvalue weighted by molar-refractivity contribution is -0.160. The molecule has 24 heavy (non-hydrogen) atoms. The summed E-state index contributed by atoms with van der Waals surface area (Å²) in [4.78, 5) is 11.0. The Morgan fingerprint density at radius 1 is 1.08 bits per heavy atom. The molecule has 3 nitrogen and oxygen atoms in total. The van der Waals surface area contributed by atoms with Gasteiger partial charge >= 0.3 is 6.18 Å². The molecule has 0 aliphatic heterocycles. The van der Waals surface area contributed by atoms with Crippen LogP contribution in [0, 0.1) is 5.82 Å². The van der Waals surface area contributed by atoms with Gasteiger partial charge < -0.3 is 10.5 Å². The van der Waals surface area contributed by atoms with Gasteiger partial charge in [-0.25, -0.2) is 4.39 Å². The number of primary amides is 1. The van der Waals surface area contributed by atoms with Crippen LogP contribution in [0.2, 0.25) is 0 Å². The molecular weight excluding hydrogens is 326 g/mol. The van der Waals surface area contributed by atoms with Gasteiger partial charge in [0.1, 0.15) is 5.75 Å². The summed E-state index contributed by atoms with van der Waals surface area (Å²) >= 11 is 0. The fraction of sp³-hybridized carbons (Fsp3) is 0.235. The molecule has 1 fully saturated rings. The lowest BCUT2D eigenvalue weighted by Gasteiger charge is -2.19. The van der Waals surface area contributed by atoms with E-state index in [0.717, 1.165) is 6.07 Å². The van der Waals surface area contributed by atoms with Gasteiger partial charge in [0.25, 0.3) is 0 Å². The van der Waals surface area contributed by atoms with Gasteiger partial charge in [-0.2, -0.15) is 13.2 Å². The van der Waals surface area contributed by atoms with Crippen molar-refractivity contribution in [1.29, 1.82) is 0 Å². The molecule has 2 N–H and O–H groups in total. The number of carbonyl (C=O) groups is 1. The Morgan fingerprint density at radius 3 is 2.17 bits per heavy atom. The van der Waals surface area contributed by atoms with E-state index in [1.54, 1.807) is 0 Å². The van der Waals surface area contributed by atoms with E-state index < -0.39 is 23.3 Å². The summed E-state index contributed by atoms with van der Waals surface area (Å²) < 4.78 is 58.4. The van der Waals surface area contributed by atoms with Gasteiger partial charge in [-0.3, -0.25) is 4.79 Å². The number of halogens is 4. The molecule has 0 unspecified atom stereocenters. The number of nitrogens with two attached hydrogens (primary N) is 1. The monoisotopic (exact) mass is 339 g/mol. The minimum Gasteiger partial charge on any atom is -0.454 e. The molecule has 0 heterocycles. The highest BCUT2D eigenvalue weighted by molar-refractivity contribution is 5.92. The van der Waals surface area contributed by atoms with Crippen molar-refractivity contribution in [2.75, 3.05) is 0 Å². The molecule has 0 bridgehead atoms. The van der Waals surface area contributed by atoms with Crippen LogP contribution in [0.15, 0.2) is 42.5 Å². The minimum absolute atomic E-state index is 0.00366. The van der Waals surface area contributed by atoms with E-state index in [4.69, 9.17) is 10.5 Å². The van der Waals surface area contributed by atoms with E-state index in [9.17, 15) is 22.4 Å². The van der Waals surface area contributed by atoms with Gasteiger partial charge in [-0.15, -0.1) is 0 Å². The zero-order valence-electron chi connectivity index (χ0n) is 12.4. The Balaban J connectivity index is 1.79. The smallest absolute Gasteiger partial charge is 0.398 e. The maximum absolute atomic E-state index is 13.8. The number of amides is 1. The summed E-state index contributed by atoms with van der Waals surface area (Å²) in [5.41, 5.74) is 3.45. The van der Waals surface area contributed by atoms with Crippen LogP contribution >= 0.6 is 0 Å². The van der Waals surface area contributed by atoms with Crippen LogP contribution in [0.1, 0.15) is 28.8 Å². The van der Waals surface area contributed by atoms with Crippen molar-refractivity contribution in [3.05, 3.63) is 59.4 Å². The van der Waals surface area contributed by atoms with Crippen LogP contribution in [0.3, 0.4) is 0 Å². The van der Waals surface area contributed by atoms with Crippen LogP contribution in [-0.2, 0) is 5.41 Å². The topological polar surface area (TPSA) is 52.3 Å². The van der Waals surface area contributed by atoms with Gasteiger partial charge in [0.2, 0.25) is 5.91 Å². The molecule has 1 aliphatic rings. The highest BCUT2D eigenvalue weighted by atomic mass is 19.4. The zero-order valence-corrected chi connectivity index (χ0v) is 12.4.